The summed E-state index contributed by atoms with van der Waals surface area (Å²) in [5, 5.41) is 6.95. The fourth-order valence-corrected chi connectivity index (χ4v) is 7.71. The van der Waals surface area contributed by atoms with Crippen molar-refractivity contribution in [1.29, 1.82) is 0 Å². The van der Waals surface area contributed by atoms with E-state index < -0.39 is 0 Å². The maximum Gasteiger partial charge on any atom is 3.00 e. The normalized spacial score (nSPS) is 16.5. The standard InChI is InChI=1S/C48H30N3.Ir/c1-4-13-34-28-37(25-22-31(34)10-1)46-40-16-7-18-42(49-40)47(38-26-23-32-11-2-5-14-35(32)29-38)44-20-9-21-45(51-44)48(43-19-8-17-41(46)50-43)39-27-24-33-12-3-6-15-36(33)30-39;/h1-24,28-30,46-48H;/q-3;+3. The van der Waals surface area contributed by atoms with Gasteiger partial charge in [-0.2, -0.15) is 54.6 Å². The van der Waals surface area contributed by atoms with Crippen LogP contribution in [0.4, 0.5) is 0 Å². The third kappa shape index (κ3) is 5.71. The van der Waals surface area contributed by atoms with Crippen molar-refractivity contribution < 1.29 is 20.1 Å². The summed E-state index contributed by atoms with van der Waals surface area (Å²) in [4.78, 5) is 16.4. The second kappa shape index (κ2) is 13.4. The minimum atomic E-state index is -0.248. The Bertz CT molecular complexity index is 2400. The van der Waals surface area contributed by atoms with Gasteiger partial charge in [0.05, 0.1) is 34.2 Å². The molecule has 3 nitrogen and oxygen atoms in total. The smallest absolute Gasteiger partial charge is 0.256 e. The van der Waals surface area contributed by atoms with Crippen LogP contribution in [0.25, 0.3) is 32.3 Å². The van der Waals surface area contributed by atoms with Crippen LogP contribution in [-0.4, -0.2) is 15.0 Å². The second-order valence-electron chi connectivity index (χ2n) is 13.3. The zero-order valence-electron chi connectivity index (χ0n) is 28.0. The van der Waals surface area contributed by atoms with E-state index in [-0.39, 0.29) is 37.9 Å². The van der Waals surface area contributed by atoms with E-state index in [4.69, 9.17) is 15.0 Å². The fourth-order valence-electron chi connectivity index (χ4n) is 7.71. The fraction of sp³-hybridized carbons (Fsp3) is 0.0625. The van der Waals surface area contributed by atoms with Crippen LogP contribution in [0.15, 0.2) is 164 Å². The van der Waals surface area contributed by atoms with Crippen molar-refractivity contribution in [3.8, 4) is 0 Å². The first-order chi connectivity index (χ1) is 25.2. The Kier molecular flexibility index (Phi) is 8.27. The number of benzene rings is 6. The first-order valence-electron chi connectivity index (χ1n) is 17.4. The average molecular weight is 841 g/mol. The van der Waals surface area contributed by atoms with E-state index in [1.165, 1.54) is 0 Å². The summed E-state index contributed by atoms with van der Waals surface area (Å²) in [6.45, 7) is 0. The van der Waals surface area contributed by atoms with Crippen molar-refractivity contribution in [3.63, 3.8) is 0 Å². The largest absolute Gasteiger partial charge is 3.00 e. The van der Waals surface area contributed by atoms with Crippen molar-refractivity contribution in [2.24, 2.45) is 0 Å². The molecular weight excluding hydrogens is 811 g/mol. The zero-order chi connectivity index (χ0) is 33.7. The van der Waals surface area contributed by atoms with E-state index >= 15 is 0 Å². The van der Waals surface area contributed by atoms with Gasteiger partial charge in [-0.25, -0.2) is 0 Å². The van der Waals surface area contributed by atoms with E-state index in [0.717, 1.165) is 83.2 Å². The quantitative estimate of drug-likeness (QED) is 0.166. The van der Waals surface area contributed by atoms with Crippen LogP contribution in [0.3, 0.4) is 0 Å². The first kappa shape index (κ1) is 32.1. The molecule has 246 valence electrons. The number of fused-ring (bicyclic) bond motifs is 9. The molecule has 0 radical (unpaired) electrons. The Balaban J connectivity index is 0.00000360. The molecule has 0 saturated carbocycles. The Morgan fingerprint density at radius 1 is 0.308 bits per heavy atom. The Labute approximate surface area is 316 Å². The van der Waals surface area contributed by atoms with Gasteiger partial charge >= 0.3 is 20.1 Å². The average Bonchev–Trinajstić information content (AvgIpc) is 3.18. The molecule has 4 heterocycles. The molecule has 0 N–H and O–H groups in total. The zero-order valence-corrected chi connectivity index (χ0v) is 30.4. The summed E-state index contributed by atoms with van der Waals surface area (Å²) in [6, 6.07) is 68.3. The molecule has 6 bridgehead atoms. The number of pyridine rings is 3. The third-order valence-corrected chi connectivity index (χ3v) is 10.2. The number of aromatic nitrogens is 3. The third-order valence-electron chi connectivity index (χ3n) is 10.2. The van der Waals surface area contributed by atoms with Gasteiger partial charge in [0.1, 0.15) is 0 Å². The summed E-state index contributed by atoms with van der Waals surface area (Å²) in [6.07, 6.45) is 0. The maximum atomic E-state index is 5.47. The monoisotopic (exact) mass is 841 g/mol. The molecule has 6 aromatic carbocycles. The number of rotatable bonds is 3. The Hall–Kier alpha value is -5.80. The van der Waals surface area contributed by atoms with Gasteiger partial charge in [0, 0.05) is 17.8 Å². The summed E-state index contributed by atoms with van der Waals surface area (Å²) >= 11 is 0. The van der Waals surface area contributed by atoms with Crippen molar-refractivity contribution in [3.05, 3.63) is 233 Å². The second-order valence-corrected chi connectivity index (χ2v) is 13.3. The van der Waals surface area contributed by atoms with E-state index in [9.17, 15) is 0 Å². The Morgan fingerprint density at radius 2 is 0.558 bits per heavy atom. The summed E-state index contributed by atoms with van der Waals surface area (Å²) in [5.41, 5.74) is 8.58. The van der Waals surface area contributed by atoms with Gasteiger partial charge in [0.15, 0.2) is 0 Å². The van der Waals surface area contributed by atoms with Crippen molar-refractivity contribution >= 4 is 32.3 Å². The topological polar surface area (TPSA) is 38.7 Å². The molecule has 4 heteroatoms. The maximum absolute atomic E-state index is 5.47. The molecular formula is C48H30IrN3. The SMILES string of the molecule is [Ir+3].[c-]1cc2ccccc2cc1C1c2cccc(n2)C(c2[c-]cc3ccccc3c2)c2cccc(n2)C(c2[c-]cc3ccccc3c2)c2cccc1n2. The van der Waals surface area contributed by atoms with Crippen LogP contribution in [0.1, 0.15) is 68.6 Å². The molecule has 52 heavy (non-hydrogen) atoms. The van der Waals surface area contributed by atoms with Crippen LogP contribution >= 0.6 is 0 Å². The molecule has 0 spiro atoms. The molecule has 0 aliphatic carbocycles. The molecule has 0 atom stereocenters. The minimum Gasteiger partial charge on any atom is -0.256 e. The van der Waals surface area contributed by atoms with Crippen LogP contribution in [0.5, 0.6) is 0 Å². The minimum absolute atomic E-state index is 0. The van der Waals surface area contributed by atoms with Gasteiger partial charge in [-0.15, -0.1) is 67.2 Å². The molecule has 0 unspecified atom stereocenters. The molecule has 1 aliphatic rings. The van der Waals surface area contributed by atoms with Gasteiger partial charge in [0.2, 0.25) is 0 Å². The summed E-state index contributed by atoms with van der Waals surface area (Å²) < 4.78 is 0. The van der Waals surface area contributed by atoms with Gasteiger partial charge in [-0.1, -0.05) is 72.8 Å². The molecule has 0 fully saturated rings. The van der Waals surface area contributed by atoms with E-state index in [2.05, 4.69) is 182 Å². The van der Waals surface area contributed by atoms with Crippen LogP contribution in [0, 0.1) is 18.2 Å². The van der Waals surface area contributed by atoms with Crippen molar-refractivity contribution in [2.75, 3.05) is 0 Å². The molecule has 9 aromatic rings. The van der Waals surface area contributed by atoms with Gasteiger partial charge in [-0.3, -0.25) is 15.0 Å². The summed E-state index contributed by atoms with van der Waals surface area (Å²) in [5.74, 6) is -0.743. The predicted octanol–water partition coefficient (Wildman–Crippen LogP) is 10.6. The molecule has 0 saturated heterocycles. The van der Waals surface area contributed by atoms with Crippen molar-refractivity contribution in [2.45, 2.75) is 17.8 Å². The van der Waals surface area contributed by atoms with E-state index in [0.29, 0.717) is 0 Å². The van der Waals surface area contributed by atoms with E-state index in [1.54, 1.807) is 0 Å². The molecule has 0 amide bonds. The molecule has 10 rings (SSSR count). The van der Waals surface area contributed by atoms with Crippen LogP contribution < -0.4 is 0 Å². The first-order valence-corrected chi connectivity index (χ1v) is 17.4. The summed E-state index contributed by atoms with van der Waals surface area (Å²) in [7, 11) is 0. The molecule has 1 aliphatic heterocycles. The number of hydrogen-bond donors (Lipinski definition) is 0. The van der Waals surface area contributed by atoms with E-state index in [1.807, 2.05) is 0 Å². The predicted molar refractivity (Wildman–Crippen MR) is 204 cm³/mol. The van der Waals surface area contributed by atoms with Gasteiger partial charge in [-0.05, 0) is 36.4 Å². The number of nitrogens with zero attached hydrogens (tertiary/aromatic N) is 3. The van der Waals surface area contributed by atoms with Gasteiger partial charge in [0.25, 0.3) is 0 Å². The van der Waals surface area contributed by atoms with Crippen molar-refractivity contribution in [1.82, 2.24) is 15.0 Å². The van der Waals surface area contributed by atoms with Crippen LogP contribution in [0.2, 0.25) is 0 Å². The van der Waals surface area contributed by atoms with Crippen LogP contribution in [-0.2, 0) is 20.1 Å². The Morgan fingerprint density at radius 3 is 0.827 bits per heavy atom. The number of hydrogen-bond acceptors (Lipinski definition) is 3. The van der Waals surface area contributed by atoms with Gasteiger partial charge < -0.3 is 0 Å². The molecule has 3 aromatic heterocycles.